The van der Waals surface area contributed by atoms with E-state index in [1.54, 1.807) is 7.11 Å². The van der Waals surface area contributed by atoms with Crippen LogP contribution in [0.3, 0.4) is 0 Å². The van der Waals surface area contributed by atoms with Gasteiger partial charge in [-0.25, -0.2) is 4.98 Å². The van der Waals surface area contributed by atoms with Crippen molar-refractivity contribution in [3.05, 3.63) is 42.0 Å². The number of nitrogens with one attached hydrogen (secondary N) is 2. The lowest BCUT2D eigenvalue weighted by molar-refractivity contribution is 0.414. The van der Waals surface area contributed by atoms with Gasteiger partial charge in [-0.15, -0.1) is 0 Å². The minimum Gasteiger partial charge on any atom is -0.497 e. The summed E-state index contributed by atoms with van der Waals surface area (Å²) in [4.78, 5) is 4.23. The fraction of sp³-hybridized carbons (Fsp3) is 0.385. The molecule has 0 spiro atoms. The zero-order valence-electron chi connectivity index (χ0n) is 10.7. The number of benzene rings is 1. The van der Waals surface area contributed by atoms with E-state index >= 15 is 0 Å². The van der Waals surface area contributed by atoms with E-state index in [0.29, 0.717) is 0 Å². The number of ether oxygens (including phenoxy) is 1. The van der Waals surface area contributed by atoms with Crippen LogP contribution in [0.2, 0.25) is 0 Å². The summed E-state index contributed by atoms with van der Waals surface area (Å²) < 4.78 is 5.16. The van der Waals surface area contributed by atoms with Crippen molar-refractivity contribution in [3.63, 3.8) is 0 Å². The predicted molar refractivity (Wildman–Crippen MR) is 69.5 cm³/mol. The zero-order chi connectivity index (χ0) is 12.8. The SMILES string of the molecule is CCCNC(c1ccc(OC)cc1)c1ncn[nH]1. The van der Waals surface area contributed by atoms with Gasteiger partial charge in [0.1, 0.15) is 17.9 Å². The molecule has 0 aliphatic carbocycles. The van der Waals surface area contributed by atoms with E-state index in [2.05, 4.69) is 27.4 Å². The van der Waals surface area contributed by atoms with Gasteiger partial charge in [-0.1, -0.05) is 19.1 Å². The summed E-state index contributed by atoms with van der Waals surface area (Å²) in [5.74, 6) is 1.68. The molecule has 96 valence electrons. The molecular formula is C13H18N4O. The highest BCUT2D eigenvalue weighted by atomic mass is 16.5. The number of methoxy groups -OCH3 is 1. The molecular weight excluding hydrogens is 228 g/mol. The van der Waals surface area contributed by atoms with Crippen molar-refractivity contribution >= 4 is 0 Å². The Balaban J connectivity index is 2.21. The molecule has 0 saturated carbocycles. The van der Waals surface area contributed by atoms with E-state index in [-0.39, 0.29) is 6.04 Å². The summed E-state index contributed by atoms with van der Waals surface area (Å²) in [6.07, 6.45) is 2.60. The second-order valence-corrected chi connectivity index (χ2v) is 4.03. The highest BCUT2D eigenvalue weighted by Gasteiger charge is 2.15. The van der Waals surface area contributed by atoms with Gasteiger partial charge < -0.3 is 10.1 Å². The molecule has 1 aromatic carbocycles. The smallest absolute Gasteiger partial charge is 0.145 e. The van der Waals surface area contributed by atoms with E-state index in [0.717, 1.165) is 30.1 Å². The third-order valence-corrected chi connectivity index (χ3v) is 2.75. The molecule has 0 fully saturated rings. The Hall–Kier alpha value is -1.88. The standard InChI is InChI=1S/C13H18N4O/c1-3-8-14-12(13-15-9-16-17-13)10-4-6-11(18-2)7-5-10/h4-7,9,12,14H,3,8H2,1-2H3,(H,15,16,17). The maximum atomic E-state index is 5.16. The molecule has 18 heavy (non-hydrogen) atoms. The van der Waals surface area contributed by atoms with Crippen LogP contribution in [0.15, 0.2) is 30.6 Å². The third kappa shape index (κ3) is 2.87. The van der Waals surface area contributed by atoms with E-state index in [9.17, 15) is 0 Å². The molecule has 0 bridgehead atoms. The Bertz CT molecular complexity index is 452. The third-order valence-electron chi connectivity index (χ3n) is 2.75. The molecule has 0 radical (unpaired) electrons. The summed E-state index contributed by atoms with van der Waals surface area (Å²) in [5.41, 5.74) is 1.14. The van der Waals surface area contributed by atoms with Crippen LogP contribution in [0.25, 0.3) is 0 Å². The summed E-state index contributed by atoms with van der Waals surface area (Å²) in [6.45, 7) is 3.07. The van der Waals surface area contributed by atoms with Crippen molar-refractivity contribution in [1.29, 1.82) is 0 Å². The Morgan fingerprint density at radius 1 is 1.33 bits per heavy atom. The first-order valence-electron chi connectivity index (χ1n) is 6.07. The predicted octanol–water partition coefficient (Wildman–Crippen LogP) is 1.90. The quantitative estimate of drug-likeness (QED) is 0.817. The van der Waals surface area contributed by atoms with E-state index in [1.807, 2.05) is 24.3 Å². The van der Waals surface area contributed by atoms with E-state index in [4.69, 9.17) is 4.74 Å². The first-order chi connectivity index (χ1) is 8.85. The van der Waals surface area contributed by atoms with E-state index in [1.165, 1.54) is 6.33 Å². The van der Waals surface area contributed by atoms with Gasteiger partial charge in [0.2, 0.25) is 0 Å². The van der Waals surface area contributed by atoms with Crippen LogP contribution in [0.1, 0.15) is 30.8 Å². The summed E-state index contributed by atoms with van der Waals surface area (Å²) in [7, 11) is 1.66. The fourth-order valence-corrected chi connectivity index (χ4v) is 1.81. The van der Waals surface area contributed by atoms with Gasteiger partial charge in [0.25, 0.3) is 0 Å². The largest absolute Gasteiger partial charge is 0.497 e. The van der Waals surface area contributed by atoms with Crippen LogP contribution in [-0.4, -0.2) is 28.8 Å². The molecule has 0 aliphatic heterocycles. The second kappa shape index (κ2) is 6.16. The first-order valence-corrected chi connectivity index (χ1v) is 6.07. The molecule has 0 saturated heterocycles. The molecule has 2 N–H and O–H groups in total. The molecule has 1 atom stereocenters. The average Bonchev–Trinajstić information content (AvgIpc) is 2.94. The molecule has 1 aromatic heterocycles. The number of aromatic nitrogens is 3. The number of nitrogens with zero attached hydrogens (tertiary/aromatic N) is 2. The summed E-state index contributed by atoms with van der Waals surface area (Å²) in [5, 5.41) is 10.3. The van der Waals surface area contributed by atoms with Gasteiger partial charge >= 0.3 is 0 Å². The molecule has 1 unspecified atom stereocenters. The van der Waals surface area contributed by atoms with Gasteiger partial charge in [-0.3, -0.25) is 5.10 Å². The molecule has 0 amide bonds. The van der Waals surface area contributed by atoms with Crippen LogP contribution >= 0.6 is 0 Å². The van der Waals surface area contributed by atoms with Crippen molar-refractivity contribution in [2.75, 3.05) is 13.7 Å². The molecule has 2 rings (SSSR count). The van der Waals surface area contributed by atoms with Crippen LogP contribution in [0.5, 0.6) is 5.75 Å². The van der Waals surface area contributed by atoms with Gasteiger partial charge in [0.05, 0.1) is 13.2 Å². The van der Waals surface area contributed by atoms with Gasteiger partial charge in [0, 0.05) is 0 Å². The first kappa shape index (κ1) is 12.6. The lowest BCUT2D eigenvalue weighted by Gasteiger charge is -2.16. The minimum absolute atomic E-state index is 0.0401. The Kier molecular flexibility index (Phi) is 4.30. The molecule has 2 aromatic rings. The Labute approximate surface area is 107 Å². The minimum atomic E-state index is 0.0401. The van der Waals surface area contributed by atoms with Crippen molar-refractivity contribution in [2.24, 2.45) is 0 Å². The Morgan fingerprint density at radius 2 is 2.11 bits per heavy atom. The number of aromatic amines is 1. The summed E-state index contributed by atoms with van der Waals surface area (Å²) >= 11 is 0. The normalized spacial score (nSPS) is 12.3. The van der Waals surface area contributed by atoms with Crippen molar-refractivity contribution in [3.8, 4) is 5.75 Å². The van der Waals surface area contributed by atoms with Gasteiger partial charge in [-0.2, -0.15) is 5.10 Å². The van der Waals surface area contributed by atoms with Crippen LogP contribution < -0.4 is 10.1 Å². The summed E-state index contributed by atoms with van der Waals surface area (Å²) in [6, 6.07) is 8.01. The molecule has 5 nitrogen and oxygen atoms in total. The highest BCUT2D eigenvalue weighted by molar-refractivity contribution is 5.31. The fourth-order valence-electron chi connectivity index (χ4n) is 1.81. The van der Waals surface area contributed by atoms with Gasteiger partial charge in [-0.05, 0) is 30.7 Å². The highest BCUT2D eigenvalue weighted by Crippen LogP contribution is 2.21. The lowest BCUT2D eigenvalue weighted by Crippen LogP contribution is -2.24. The maximum absolute atomic E-state index is 5.16. The number of H-pyrrole nitrogens is 1. The van der Waals surface area contributed by atoms with Crippen LogP contribution in [0, 0.1) is 0 Å². The second-order valence-electron chi connectivity index (χ2n) is 4.03. The van der Waals surface area contributed by atoms with Crippen molar-refractivity contribution in [2.45, 2.75) is 19.4 Å². The topological polar surface area (TPSA) is 62.8 Å². The van der Waals surface area contributed by atoms with Crippen molar-refractivity contribution in [1.82, 2.24) is 20.5 Å². The molecule has 5 heteroatoms. The van der Waals surface area contributed by atoms with Crippen LogP contribution in [-0.2, 0) is 0 Å². The molecule has 1 heterocycles. The zero-order valence-corrected chi connectivity index (χ0v) is 10.7. The maximum Gasteiger partial charge on any atom is 0.145 e. The van der Waals surface area contributed by atoms with Gasteiger partial charge in [0.15, 0.2) is 0 Å². The number of rotatable bonds is 6. The van der Waals surface area contributed by atoms with E-state index < -0.39 is 0 Å². The Morgan fingerprint density at radius 3 is 2.67 bits per heavy atom. The monoisotopic (exact) mass is 246 g/mol. The number of hydrogen-bond acceptors (Lipinski definition) is 4. The average molecular weight is 246 g/mol. The molecule has 0 aliphatic rings. The van der Waals surface area contributed by atoms with Crippen molar-refractivity contribution < 1.29 is 4.74 Å². The lowest BCUT2D eigenvalue weighted by atomic mass is 10.1. The number of hydrogen-bond donors (Lipinski definition) is 2. The van der Waals surface area contributed by atoms with Crippen LogP contribution in [0.4, 0.5) is 0 Å².